The van der Waals surface area contributed by atoms with Crippen LogP contribution in [0, 0.1) is 17.3 Å². The topological polar surface area (TPSA) is 17.1 Å². The Kier molecular flexibility index (Phi) is 4.66. The first kappa shape index (κ1) is 12.7. The number of carbonyl (C=O) groups is 1. The van der Waals surface area contributed by atoms with E-state index in [-0.39, 0.29) is 5.41 Å². The summed E-state index contributed by atoms with van der Waals surface area (Å²) in [7, 11) is 0. The Bertz CT molecular complexity index is 162. The average molecular weight is 184 g/mol. The molecule has 0 aromatic heterocycles. The van der Waals surface area contributed by atoms with Crippen molar-refractivity contribution in [3.05, 3.63) is 0 Å². The SMILES string of the molecule is CC(C)CC(=O)CC(C)C(C)(C)C. The van der Waals surface area contributed by atoms with E-state index in [4.69, 9.17) is 0 Å². The molecule has 0 spiro atoms. The molecule has 0 aromatic carbocycles. The number of rotatable bonds is 4. The molecule has 0 rings (SSSR count). The van der Waals surface area contributed by atoms with Gasteiger partial charge in [-0.3, -0.25) is 4.79 Å². The fourth-order valence-corrected chi connectivity index (χ4v) is 1.19. The van der Waals surface area contributed by atoms with Gasteiger partial charge >= 0.3 is 0 Å². The van der Waals surface area contributed by atoms with Crippen LogP contribution in [0.4, 0.5) is 0 Å². The van der Waals surface area contributed by atoms with Gasteiger partial charge in [0.1, 0.15) is 5.78 Å². The van der Waals surface area contributed by atoms with Crippen molar-refractivity contribution in [1.82, 2.24) is 0 Å². The van der Waals surface area contributed by atoms with Gasteiger partial charge in [0.25, 0.3) is 0 Å². The number of hydrogen-bond donors (Lipinski definition) is 0. The van der Waals surface area contributed by atoms with Crippen LogP contribution in [0.1, 0.15) is 54.4 Å². The van der Waals surface area contributed by atoms with Gasteiger partial charge in [0.2, 0.25) is 0 Å². The minimum atomic E-state index is 0.257. The summed E-state index contributed by atoms with van der Waals surface area (Å²) in [5.41, 5.74) is 0.257. The quantitative estimate of drug-likeness (QED) is 0.651. The number of Topliss-reactive ketones (excluding diaryl/α,β-unsaturated/α-hetero) is 1. The van der Waals surface area contributed by atoms with E-state index < -0.39 is 0 Å². The Labute approximate surface area is 82.9 Å². The van der Waals surface area contributed by atoms with E-state index in [2.05, 4.69) is 41.5 Å². The van der Waals surface area contributed by atoms with Gasteiger partial charge in [0.15, 0.2) is 0 Å². The van der Waals surface area contributed by atoms with Crippen LogP contribution in [0.5, 0.6) is 0 Å². The van der Waals surface area contributed by atoms with Gasteiger partial charge in [0.05, 0.1) is 0 Å². The molecule has 0 bridgehead atoms. The molecule has 0 aromatic rings. The van der Waals surface area contributed by atoms with Crippen molar-refractivity contribution in [1.29, 1.82) is 0 Å². The van der Waals surface area contributed by atoms with E-state index in [9.17, 15) is 4.79 Å². The van der Waals surface area contributed by atoms with Crippen molar-refractivity contribution in [3.63, 3.8) is 0 Å². The normalized spacial score (nSPS) is 14.7. The molecule has 1 heteroatoms. The van der Waals surface area contributed by atoms with Gasteiger partial charge in [-0.2, -0.15) is 0 Å². The van der Waals surface area contributed by atoms with Crippen LogP contribution in [0.3, 0.4) is 0 Å². The van der Waals surface area contributed by atoms with E-state index >= 15 is 0 Å². The highest BCUT2D eigenvalue weighted by atomic mass is 16.1. The maximum Gasteiger partial charge on any atom is 0.133 e. The fraction of sp³-hybridized carbons (Fsp3) is 0.917. The van der Waals surface area contributed by atoms with E-state index in [0.29, 0.717) is 17.6 Å². The van der Waals surface area contributed by atoms with Gasteiger partial charge < -0.3 is 0 Å². The molecule has 0 N–H and O–H groups in total. The van der Waals surface area contributed by atoms with Crippen molar-refractivity contribution in [3.8, 4) is 0 Å². The first-order valence-corrected chi connectivity index (χ1v) is 5.25. The lowest BCUT2D eigenvalue weighted by atomic mass is 9.78. The Morgan fingerprint density at radius 2 is 1.54 bits per heavy atom. The minimum absolute atomic E-state index is 0.257. The van der Waals surface area contributed by atoms with Crippen LogP contribution in [0.15, 0.2) is 0 Å². The molecule has 0 amide bonds. The third-order valence-corrected chi connectivity index (χ3v) is 2.65. The highest BCUT2D eigenvalue weighted by molar-refractivity contribution is 5.78. The first-order valence-electron chi connectivity index (χ1n) is 5.25. The summed E-state index contributed by atoms with van der Waals surface area (Å²) in [4.78, 5) is 11.5. The van der Waals surface area contributed by atoms with E-state index in [0.717, 1.165) is 12.8 Å². The molecule has 0 saturated carbocycles. The molecule has 0 saturated heterocycles. The molecule has 0 aliphatic heterocycles. The molecule has 1 nitrogen and oxygen atoms in total. The van der Waals surface area contributed by atoms with Gasteiger partial charge in [-0.1, -0.05) is 41.5 Å². The Morgan fingerprint density at radius 3 is 1.85 bits per heavy atom. The second kappa shape index (κ2) is 4.78. The number of hydrogen-bond acceptors (Lipinski definition) is 1. The third-order valence-electron chi connectivity index (χ3n) is 2.65. The van der Waals surface area contributed by atoms with Crippen LogP contribution in [0.25, 0.3) is 0 Å². The highest BCUT2D eigenvalue weighted by Crippen LogP contribution is 2.28. The predicted octanol–water partition coefficient (Wildman–Crippen LogP) is 3.67. The maximum absolute atomic E-state index is 11.5. The molecule has 1 atom stereocenters. The van der Waals surface area contributed by atoms with Gasteiger partial charge in [-0.15, -0.1) is 0 Å². The Hall–Kier alpha value is -0.330. The molecule has 78 valence electrons. The molecule has 13 heavy (non-hydrogen) atoms. The van der Waals surface area contributed by atoms with Crippen molar-refractivity contribution in [2.75, 3.05) is 0 Å². The fourth-order valence-electron chi connectivity index (χ4n) is 1.19. The summed E-state index contributed by atoms with van der Waals surface area (Å²) in [6, 6.07) is 0. The third kappa shape index (κ3) is 5.84. The summed E-state index contributed by atoms with van der Waals surface area (Å²) in [6.45, 7) is 12.9. The zero-order valence-electron chi connectivity index (χ0n) is 9.98. The lowest BCUT2D eigenvalue weighted by Gasteiger charge is -2.26. The van der Waals surface area contributed by atoms with Crippen LogP contribution >= 0.6 is 0 Å². The van der Waals surface area contributed by atoms with Gasteiger partial charge in [-0.25, -0.2) is 0 Å². The van der Waals surface area contributed by atoms with Crippen LogP contribution in [-0.2, 0) is 4.79 Å². The molecule has 0 radical (unpaired) electrons. The Balaban J connectivity index is 3.93. The molecular weight excluding hydrogens is 160 g/mol. The molecule has 0 aliphatic carbocycles. The lowest BCUT2D eigenvalue weighted by molar-refractivity contribution is -0.121. The van der Waals surface area contributed by atoms with Crippen molar-refractivity contribution >= 4 is 5.78 Å². The first-order chi connectivity index (χ1) is 5.73. The van der Waals surface area contributed by atoms with Crippen molar-refractivity contribution in [2.45, 2.75) is 54.4 Å². The summed E-state index contributed by atoms with van der Waals surface area (Å²) in [5.74, 6) is 1.40. The zero-order chi connectivity index (χ0) is 10.6. The lowest BCUT2D eigenvalue weighted by Crippen LogP contribution is -2.21. The van der Waals surface area contributed by atoms with Gasteiger partial charge in [-0.05, 0) is 17.3 Å². The summed E-state index contributed by atoms with van der Waals surface area (Å²) >= 11 is 0. The van der Waals surface area contributed by atoms with E-state index in [1.807, 2.05) is 0 Å². The summed E-state index contributed by atoms with van der Waals surface area (Å²) in [6.07, 6.45) is 1.47. The summed E-state index contributed by atoms with van der Waals surface area (Å²) < 4.78 is 0. The number of ketones is 1. The van der Waals surface area contributed by atoms with Gasteiger partial charge in [0, 0.05) is 12.8 Å². The van der Waals surface area contributed by atoms with Crippen LogP contribution < -0.4 is 0 Å². The van der Waals surface area contributed by atoms with Crippen LogP contribution in [-0.4, -0.2) is 5.78 Å². The second-order valence-electron chi connectivity index (χ2n) is 5.61. The maximum atomic E-state index is 11.5. The molecule has 0 fully saturated rings. The smallest absolute Gasteiger partial charge is 0.133 e. The van der Waals surface area contributed by atoms with Crippen molar-refractivity contribution < 1.29 is 4.79 Å². The monoisotopic (exact) mass is 184 g/mol. The number of carbonyl (C=O) groups excluding carboxylic acids is 1. The molecular formula is C12H24O. The largest absolute Gasteiger partial charge is 0.300 e. The predicted molar refractivity (Wildman–Crippen MR) is 57.7 cm³/mol. The molecule has 1 unspecified atom stereocenters. The van der Waals surface area contributed by atoms with Crippen LogP contribution in [0.2, 0.25) is 0 Å². The highest BCUT2D eigenvalue weighted by Gasteiger charge is 2.22. The molecule has 0 heterocycles. The average Bonchev–Trinajstić information content (AvgIpc) is 1.82. The second-order valence-corrected chi connectivity index (χ2v) is 5.61. The zero-order valence-corrected chi connectivity index (χ0v) is 9.98. The Morgan fingerprint density at radius 1 is 1.08 bits per heavy atom. The molecule has 0 aliphatic rings. The van der Waals surface area contributed by atoms with Crippen molar-refractivity contribution in [2.24, 2.45) is 17.3 Å². The standard InChI is InChI=1S/C12H24O/c1-9(2)7-11(13)8-10(3)12(4,5)6/h9-10H,7-8H2,1-6H3. The van der Waals surface area contributed by atoms with E-state index in [1.165, 1.54) is 0 Å². The summed E-state index contributed by atoms with van der Waals surface area (Å²) in [5, 5.41) is 0. The minimum Gasteiger partial charge on any atom is -0.300 e. The van der Waals surface area contributed by atoms with E-state index in [1.54, 1.807) is 0 Å².